The lowest BCUT2D eigenvalue weighted by Crippen LogP contribution is -2.23. The van der Waals surface area contributed by atoms with Crippen LogP contribution < -0.4 is 16.2 Å². The van der Waals surface area contributed by atoms with E-state index in [4.69, 9.17) is 4.98 Å². The van der Waals surface area contributed by atoms with E-state index in [0.717, 1.165) is 0 Å². The fourth-order valence-corrected chi connectivity index (χ4v) is 4.43. The van der Waals surface area contributed by atoms with Gasteiger partial charge in [-0.2, -0.15) is 0 Å². The second-order valence-corrected chi connectivity index (χ2v) is 9.34. The number of carbonyl (C=O) groups is 2. The normalized spacial score (nSPS) is 11.0. The molecule has 0 aliphatic heterocycles. The van der Waals surface area contributed by atoms with Crippen LogP contribution >= 0.6 is 11.8 Å². The number of amides is 2. The predicted molar refractivity (Wildman–Crippen MR) is 142 cm³/mol. The highest BCUT2D eigenvalue weighted by molar-refractivity contribution is 7.99. The molecule has 3 aromatic carbocycles. The van der Waals surface area contributed by atoms with Gasteiger partial charge in [0.2, 0.25) is 11.8 Å². The molecule has 2 amide bonds. The van der Waals surface area contributed by atoms with Crippen LogP contribution in [0, 0.1) is 0 Å². The number of fused-ring (bicyclic) bond motifs is 1. The molecule has 1 aromatic heterocycles. The number of nitrogens with zero attached hydrogens (tertiary/aromatic N) is 2. The molecule has 0 spiro atoms. The highest BCUT2D eigenvalue weighted by atomic mass is 32.2. The Bertz CT molecular complexity index is 1430. The van der Waals surface area contributed by atoms with Gasteiger partial charge in [-0.1, -0.05) is 49.9 Å². The molecular formula is C27H26N4O3S. The Morgan fingerprint density at radius 3 is 2.17 bits per heavy atom. The molecule has 0 aliphatic rings. The molecule has 0 fully saturated rings. The second-order valence-electron chi connectivity index (χ2n) is 8.39. The summed E-state index contributed by atoms with van der Waals surface area (Å²) < 4.78 is 1.56. The van der Waals surface area contributed by atoms with Gasteiger partial charge in [-0.15, -0.1) is 0 Å². The Morgan fingerprint density at radius 1 is 0.914 bits per heavy atom. The zero-order valence-corrected chi connectivity index (χ0v) is 20.6. The van der Waals surface area contributed by atoms with Crippen LogP contribution in [-0.4, -0.2) is 27.1 Å². The Balaban J connectivity index is 1.58. The van der Waals surface area contributed by atoms with Crippen molar-refractivity contribution in [2.75, 3.05) is 16.4 Å². The lowest BCUT2D eigenvalue weighted by Gasteiger charge is -2.14. The minimum atomic E-state index is -0.230. The first-order valence-electron chi connectivity index (χ1n) is 11.2. The molecular weight excluding hydrogens is 460 g/mol. The fraction of sp³-hybridized carbons (Fsp3) is 0.185. The van der Waals surface area contributed by atoms with Crippen molar-refractivity contribution < 1.29 is 9.59 Å². The smallest absolute Gasteiger partial charge is 0.266 e. The maximum absolute atomic E-state index is 13.4. The molecule has 8 heteroatoms. The van der Waals surface area contributed by atoms with Crippen molar-refractivity contribution in [1.29, 1.82) is 0 Å². The van der Waals surface area contributed by atoms with E-state index in [1.54, 1.807) is 41.0 Å². The topological polar surface area (TPSA) is 93.1 Å². The quantitative estimate of drug-likeness (QED) is 0.277. The third kappa shape index (κ3) is 5.78. The molecule has 2 N–H and O–H groups in total. The van der Waals surface area contributed by atoms with E-state index in [1.807, 2.05) is 36.4 Å². The summed E-state index contributed by atoms with van der Waals surface area (Å²) in [6, 6.07) is 21.9. The molecule has 1 heterocycles. The highest BCUT2D eigenvalue weighted by Crippen LogP contribution is 2.23. The molecule has 0 saturated heterocycles. The summed E-state index contributed by atoms with van der Waals surface area (Å²) in [5, 5.41) is 6.49. The van der Waals surface area contributed by atoms with Crippen molar-refractivity contribution in [3.8, 4) is 5.69 Å². The number of thioether (sulfide) groups is 1. The first-order valence-corrected chi connectivity index (χ1v) is 12.2. The average molecular weight is 487 g/mol. The first kappa shape index (κ1) is 24.2. The van der Waals surface area contributed by atoms with Gasteiger partial charge in [0.25, 0.3) is 5.56 Å². The zero-order chi connectivity index (χ0) is 24.9. The van der Waals surface area contributed by atoms with Gasteiger partial charge in [0, 0.05) is 18.3 Å². The van der Waals surface area contributed by atoms with Gasteiger partial charge in [0.15, 0.2) is 5.16 Å². The van der Waals surface area contributed by atoms with Gasteiger partial charge >= 0.3 is 0 Å². The van der Waals surface area contributed by atoms with E-state index in [-0.39, 0.29) is 23.1 Å². The molecule has 4 aromatic rings. The molecule has 0 saturated carbocycles. The molecule has 4 rings (SSSR count). The molecule has 0 unspecified atom stereocenters. The second kappa shape index (κ2) is 10.6. The van der Waals surface area contributed by atoms with Gasteiger partial charge < -0.3 is 10.6 Å². The number of nitrogens with one attached hydrogen (secondary N) is 2. The molecule has 0 radical (unpaired) electrons. The Hall–Kier alpha value is -3.91. The third-order valence-electron chi connectivity index (χ3n) is 5.38. The van der Waals surface area contributed by atoms with Crippen LogP contribution in [0.5, 0.6) is 0 Å². The minimum absolute atomic E-state index is 0.0717. The molecule has 35 heavy (non-hydrogen) atoms. The van der Waals surface area contributed by atoms with Crippen molar-refractivity contribution in [3.63, 3.8) is 0 Å². The van der Waals surface area contributed by atoms with E-state index in [9.17, 15) is 14.4 Å². The van der Waals surface area contributed by atoms with Crippen LogP contribution in [0.3, 0.4) is 0 Å². The van der Waals surface area contributed by atoms with Crippen molar-refractivity contribution in [3.05, 3.63) is 88.7 Å². The number of para-hydroxylation sites is 1. The van der Waals surface area contributed by atoms with E-state index < -0.39 is 0 Å². The van der Waals surface area contributed by atoms with E-state index >= 15 is 0 Å². The van der Waals surface area contributed by atoms with E-state index in [1.165, 1.54) is 24.2 Å². The van der Waals surface area contributed by atoms with E-state index in [0.29, 0.717) is 39.0 Å². The molecule has 7 nitrogen and oxygen atoms in total. The summed E-state index contributed by atoms with van der Waals surface area (Å²) >= 11 is 1.20. The number of benzene rings is 3. The maximum atomic E-state index is 13.4. The van der Waals surface area contributed by atoms with Crippen LogP contribution in [0.25, 0.3) is 16.6 Å². The number of aromatic nitrogens is 2. The lowest BCUT2D eigenvalue weighted by atomic mass is 10.0. The molecule has 0 bridgehead atoms. The number of rotatable bonds is 7. The third-order valence-corrected chi connectivity index (χ3v) is 6.32. The number of carbonyl (C=O) groups excluding carboxylic acids is 2. The minimum Gasteiger partial charge on any atom is -0.326 e. The van der Waals surface area contributed by atoms with Crippen LogP contribution in [0.15, 0.2) is 82.7 Å². The van der Waals surface area contributed by atoms with Crippen molar-refractivity contribution in [1.82, 2.24) is 9.55 Å². The highest BCUT2D eigenvalue weighted by Gasteiger charge is 2.15. The van der Waals surface area contributed by atoms with Crippen molar-refractivity contribution >= 4 is 45.9 Å². The number of anilines is 2. The summed E-state index contributed by atoms with van der Waals surface area (Å²) in [4.78, 5) is 41.9. The van der Waals surface area contributed by atoms with Gasteiger partial charge in [0.05, 0.1) is 22.3 Å². The van der Waals surface area contributed by atoms with Gasteiger partial charge in [-0.05, 0) is 60.0 Å². The molecule has 0 aliphatic carbocycles. The van der Waals surface area contributed by atoms with Crippen LogP contribution in [0.2, 0.25) is 0 Å². The largest absolute Gasteiger partial charge is 0.326 e. The Morgan fingerprint density at radius 2 is 1.54 bits per heavy atom. The number of hydrogen-bond acceptors (Lipinski definition) is 5. The lowest BCUT2D eigenvalue weighted by molar-refractivity contribution is -0.114. The molecule has 178 valence electrons. The van der Waals surface area contributed by atoms with E-state index in [2.05, 4.69) is 24.5 Å². The summed E-state index contributed by atoms with van der Waals surface area (Å²) in [6.45, 7) is 5.67. The van der Waals surface area contributed by atoms with Gasteiger partial charge in [-0.25, -0.2) is 4.98 Å². The summed E-state index contributed by atoms with van der Waals surface area (Å²) in [5.74, 6) is 0.0557. The zero-order valence-electron chi connectivity index (χ0n) is 19.7. The van der Waals surface area contributed by atoms with Crippen molar-refractivity contribution in [2.24, 2.45) is 0 Å². The van der Waals surface area contributed by atoms with Gasteiger partial charge in [0.1, 0.15) is 0 Å². The standard InChI is InChI=1S/C27H26N4O3S/c1-17(2)19-8-14-22(15-9-19)31-26(34)23-6-4-5-7-24(23)30-27(31)35-16-25(33)29-21-12-10-20(11-13-21)28-18(3)32/h4-15,17H,16H2,1-3H3,(H,28,32)(H,29,33). The van der Waals surface area contributed by atoms with Gasteiger partial charge in [-0.3, -0.25) is 19.0 Å². The summed E-state index contributed by atoms with van der Waals surface area (Å²) in [6.07, 6.45) is 0. The van der Waals surface area contributed by atoms with Crippen LogP contribution in [-0.2, 0) is 9.59 Å². The van der Waals surface area contributed by atoms with Crippen LogP contribution in [0.4, 0.5) is 11.4 Å². The Kier molecular flexibility index (Phi) is 7.31. The van der Waals surface area contributed by atoms with Crippen molar-refractivity contribution in [2.45, 2.75) is 31.8 Å². The first-order chi connectivity index (χ1) is 16.8. The summed E-state index contributed by atoms with van der Waals surface area (Å²) in [5.41, 5.74) is 3.55. The fourth-order valence-electron chi connectivity index (χ4n) is 3.61. The maximum Gasteiger partial charge on any atom is 0.266 e. The SMILES string of the molecule is CC(=O)Nc1ccc(NC(=O)CSc2nc3ccccc3c(=O)n2-c2ccc(C(C)C)cc2)cc1. The predicted octanol–water partition coefficient (Wildman–Crippen LogP) is 5.20. The van der Waals surface area contributed by atoms with Crippen LogP contribution in [0.1, 0.15) is 32.3 Å². The summed E-state index contributed by atoms with van der Waals surface area (Å²) in [7, 11) is 0. The monoisotopic (exact) mass is 486 g/mol. The molecule has 0 atom stereocenters. The number of hydrogen-bond donors (Lipinski definition) is 2. The average Bonchev–Trinajstić information content (AvgIpc) is 2.84. The Labute approximate surface area is 207 Å².